The molecule has 0 saturated carbocycles. The van der Waals surface area contributed by atoms with Crippen LogP contribution in [0.25, 0.3) is 0 Å². The maximum atomic E-state index is 13.7. The highest BCUT2D eigenvalue weighted by Gasteiger charge is 2.31. The number of sulfonamides is 1. The van der Waals surface area contributed by atoms with Crippen LogP contribution in [-0.4, -0.2) is 50.5 Å². The normalized spacial score (nSPS) is 12.3. The number of hydrogen-bond acceptors (Lipinski definition) is 4. The molecule has 0 heterocycles. The Bertz CT molecular complexity index is 1100. The summed E-state index contributed by atoms with van der Waals surface area (Å²) in [5.41, 5.74) is 3.42. The largest absolute Gasteiger partial charge is 0.354 e. The van der Waals surface area contributed by atoms with Crippen LogP contribution in [0.2, 0.25) is 0 Å². The number of anilines is 1. The molecule has 2 rings (SSSR count). The molecule has 0 radical (unpaired) electrons. The standard InChI is InChI=1S/C27H39N3O4S/c1-7-22-12-14-24(15-13-22)30(35(6,33)34)19-26(31)29(18-23-11-9-10-21(5)16-23)25(8-2)27(32)28-17-20(3)4/h9-16,20,25H,7-8,17-19H2,1-6H3,(H,28,32)/t25-/m0/s1. The number of nitrogens with zero attached hydrogens (tertiary/aromatic N) is 2. The first-order chi connectivity index (χ1) is 16.5. The predicted octanol–water partition coefficient (Wildman–Crippen LogP) is 3.90. The quantitative estimate of drug-likeness (QED) is 0.478. The minimum Gasteiger partial charge on any atom is -0.354 e. The van der Waals surface area contributed by atoms with Gasteiger partial charge in [0.15, 0.2) is 0 Å². The maximum Gasteiger partial charge on any atom is 0.244 e. The lowest BCUT2D eigenvalue weighted by atomic mass is 10.1. The Morgan fingerprint density at radius 1 is 1.00 bits per heavy atom. The topological polar surface area (TPSA) is 86.8 Å². The van der Waals surface area contributed by atoms with Crippen LogP contribution in [0.4, 0.5) is 5.69 Å². The van der Waals surface area contributed by atoms with Crippen LogP contribution in [-0.2, 0) is 32.6 Å². The molecule has 192 valence electrons. The molecule has 7 nitrogen and oxygen atoms in total. The molecule has 0 aliphatic rings. The van der Waals surface area contributed by atoms with Gasteiger partial charge in [0.25, 0.3) is 0 Å². The highest BCUT2D eigenvalue weighted by Crippen LogP contribution is 2.21. The minimum absolute atomic E-state index is 0.209. The van der Waals surface area contributed by atoms with E-state index in [1.165, 1.54) is 4.90 Å². The summed E-state index contributed by atoms with van der Waals surface area (Å²) < 4.78 is 26.5. The van der Waals surface area contributed by atoms with Gasteiger partial charge in [-0.1, -0.05) is 69.7 Å². The molecule has 0 spiro atoms. The van der Waals surface area contributed by atoms with Gasteiger partial charge < -0.3 is 10.2 Å². The third kappa shape index (κ3) is 8.38. The van der Waals surface area contributed by atoms with Crippen molar-refractivity contribution in [1.29, 1.82) is 0 Å². The molecule has 2 aromatic carbocycles. The van der Waals surface area contributed by atoms with E-state index in [2.05, 4.69) is 5.32 Å². The van der Waals surface area contributed by atoms with Gasteiger partial charge in [-0.2, -0.15) is 0 Å². The fourth-order valence-electron chi connectivity index (χ4n) is 3.86. The van der Waals surface area contributed by atoms with E-state index in [4.69, 9.17) is 0 Å². The summed E-state index contributed by atoms with van der Waals surface area (Å²) in [6.07, 6.45) is 2.32. The van der Waals surface area contributed by atoms with Gasteiger partial charge in [-0.25, -0.2) is 8.42 Å². The van der Waals surface area contributed by atoms with Gasteiger partial charge in [-0.3, -0.25) is 13.9 Å². The zero-order chi connectivity index (χ0) is 26.2. The average Bonchev–Trinajstić information content (AvgIpc) is 2.80. The Labute approximate surface area is 210 Å². The lowest BCUT2D eigenvalue weighted by Gasteiger charge is -2.33. The van der Waals surface area contributed by atoms with Gasteiger partial charge in [0.2, 0.25) is 21.8 Å². The number of carbonyl (C=O) groups is 2. The summed E-state index contributed by atoms with van der Waals surface area (Å²) in [7, 11) is -3.73. The van der Waals surface area contributed by atoms with E-state index in [9.17, 15) is 18.0 Å². The van der Waals surface area contributed by atoms with E-state index >= 15 is 0 Å². The molecule has 2 amide bonds. The molecule has 0 aromatic heterocycles. The van der Waals surface area contributed by atoms with Crippen molar-refractivity contribution in [1.82, 2.24) is 10.2 Å². The van der Waals surface area contributed by atoms with E-state index in [1.54, 1.807) is 12.1 Å². The van der Waals surface area contributed by atoms with Crippen LogP contribution in [0.3, 0.4) is 0 Å². The lowest BCUT2D eigenvalue weighted by molar-refractivity contribution is -0.140. The molecular formula is C27H39N3O4S. The van der Waals surface area contributed by atoms with Crippen LogP contribution >= 0.6 is 0 Å². The van der Waals surface area contributed by atoms with Crippen molar-refractivity contribution < 1.29 is 18.0 Å². The molecule has 0 fully saturated rings. The van der Waals surface area contributed by atoms with Gasteiger partial charge in [0.1, 0.15) is 12.6 Å². The Balaban J connectivity index is 2.41. The molecule has 35 heavy (non-hydrogen) atoms. The second kappa shape index (κ2) is 12.7. The number of aryl methyl sites for hydroxylation is 2. The molecule has 0 aliphatic carbocycles. The molecule has 1 N–H and O–H groups in total. The number of carbonyl (C=O) groups excluding carboxylic acids is 2. The minimum atomic E-state index is -3.73. The fraction of sp³-hybridized carbons (Fsp3) is 0.481. The van der Waals surface area contributed by atoms with Crippen molar-refractivity contribution in [2.75, 3.05) is 23.7 Å². The van der Waals surface area contributed by atoms with Crippen molar-refractivity contribution in [2.24, 2.45) is 5.92 Å². The van der Waals surface area contributed by atoms with Crippen LogP contribution in [0.5, 0.6) is 0 Å². The van der Waals surface area contributed by atoms with Gasteiger partial charge >= 0.3 is 0 Å². The summed E-state index contributed by atoms with van der Waals surface area (Å²) in [6.45, 7) is 10.2. The smallest absolute Gasteiger partial charge is 0.244 e. The third-order valence-corrected chi connectivity index (χ3v) is 6.96. The van der Waals surface area contributed by atoms with Crippen LogP contribution in [0, 0.1) is 12.8 Å². The molecule has 2 aromatic rings. The van der Waals surface area contributed by atoms with Crippen molar-refractivity contribution >= 4 is 27.5 Å². The first kappa shape index (κ1) is 28.4. The SMILES string of the molecule is CCc1ccc(N(CC(=O)N(Cc2cccc(C)c2)[C@@H](CC)C(=O)NCC(C)C)S(C)(=O)=O)cc1. The van der Waals surface area contributed by atoms with Crippen molar-refractivity contribution in [3.8, 4) is 0 Å². The number of rotatable bonds is 12. The molecule has 0 unspecified atom stereocenters. The van der Waals surface area contributed by atoms with Gasteiger partial charge in [-0.15, -0.1) is 0 Å². The van der Waals surface area contributed by atoms with Gasteiger partial charge in [0.05, 0.1) is 11.9 Å². The van der Waals surface area contributed by atoms with Crippen molar-refractivity contribution in [2.45, 2.75) is 60.0 Å². The summed E-state index contributed by atoms with van der Waals surface area (Å²) >= 11 is 0. The first-order valence-electron chi connectivity index (χ1n) is 12.2. The number of benzene rings is 2. The second-order valence-corrected chi connectivity index (χ2v) is 11.3. The van der Waals surface area contributed by atoms with E-state index in [0.717, 1.165) is 33.7 Å². The number of nitrogens with one attached hydrogen (secondary N) is 1. The Hall–Kier alpha value is -2.87. The van der Waals surface area contributed by atoms with E-state index in [1.807, 2.05) is 71.0 Å². The molecule has 0 bridgehead atoms. The number of hydrogen-bond donors (Lipinski definition) is 1. The van der Waals surface area contributed by atoms with E-state index in [0.29, 0.717) is 18.7 Å². The highest BCUT2D eigenvalue weighted by molar-refractivity contribution is 7.92. The maximum absolute atomic E-state index is 13.7. The highest BCUT2D eigenvalue weighted by atomic mass is 32.2. The summed E-state index contributed by atoms with van der Waals surface area (Å²) in [5, 5.41) is 2.93. The molecular weight excluding hydrogens is 462 g/mol. The molecule has 8 heteroatoms. The fourth-order valence-corrected chi connectivity index (χ4v) is 4.71. The zero-order valence-electron chi connectivity index (χ0n) is 21.7. The van der Waals surface area contributed by atoms with Gasteiger partial charge in [-0.05, 0) is 48.9 Å². The van der Waals surface area contributed by atoms with Gasteiger partial charge in [0, 0.05) is 13.1 Å². The second-order valence-electron chi connectivity index (χ2n) is 9.36. The van der Waals surface area contributed by atoms with Crippen LogP contribution in [0.15, 0.2) is 48.5 Å². The Morgan fingerprint density at radius 2 is 1.66 bits per heavy atom. The van der Waals surface area contributed by atoms with Crippen LogP contribution in [0.1, 0.15) is 50.8 Å². The van der Waals surface area contributed by atoms with Crippen molar-refractivity contribution in [3.05, 3.63) is 65.2 Å². The average molecular weight is 502 g/mol. The van der Waals surface area contributed by atoms with Crippen molar-refractivity contribution in [3.63, 3.8) is 0 Å². The summed E-state index contributed by atoms with van der Waals surface area (Å²) in [4.78, 5) is 28.2. The lowest BCUT2D eigenvalue weighted by Crippen LogP contribution is -2.52. The predicted molar refractivity (Wildman–Crippen MR) is 142 cm³/mol. The molecule has 0 saturated heterocycles. The third-order valence-electron chi connectivity index (χ3n) is 5.82. The molecule has 1 atom stereocenters. The zero-order valence-corrected chi connectivity index (χ0v) is 22.6. The Morgan fingerprint density at radius 3 is 2.17 bits per heavy atom. The summed E-state index contributed by atoms with van der Waals surface area (Å²) in [6, 6.07) is 14.2. The first-order valence-corrected chi connectivity index (χ1v) is 14.0. The van der Waals surface area contributed by atoms with Crippen LogP contribution < -0.4 is 9.62 Å². The monoisotopic (exact) mass is 501 g/mol. The molecule has 0 aliphatic heterocycles. The Kier molecular flexibility index (Phi) is 10.3. The summed E-state index contributed by atoms with van der Waals surface area (Å²) in [5.74, 6) is -0.396. The van der Waals surface area contributed by atoms with E-state index < -0.39 is 22.0 Å². The number of amides is 2. The van der Waals surface area contributed by atoms with E-state index in [-0.39, 0.29) is 24.9 Å².